The summed E-state index contributed by atoms with van der Waals surface area (Å²) in [5.41, 5.74) is 1.24. The normalized spacial score (nSPS) is 12.2. The molecule has 2 aromatic rings. The third kappa shape index (κ3) is 3.51. The molecule has 0 spiro atoms. The van der Waals surface area contributed by atoms with Crippen LogP contribution in [-0.2, 0) is 4.74 Å². The maximum atomic E-state index is 13.6. The van der Waals surface area contributed by atoms with Crippen LogP contribution in [0.25, 0.3) is 0 Å². The summed E-state index contributed by atoms with van der Waals surface area (Å²) in [5.74, 6) is -1.21. The van der Waals surface area contributed by atoms with E-state index in [4.69, 9.17) is 4.74 Å². The molecule has 0 heterocycles. The third-order valence-corrected chi connectivity index (χ3v) is 2.80. The first-order chi connectivity index (χ1) is 9.20. The first-order valence-corrected chi connectivity index (χ1v) is 5.96. The van der Waals surface area contributed by atoms with Gasteiger partial charge in [-0.1, -0.05) is 30.3 Å². The van der Waals surface area contributed by atoms with Gasteiger partial charge in [-0.05, 0) is 17.7 Å². The van der Waals surface area contributed by atoms with Crippen LogP contribution in [0.2, 0.25) is 0 Å². The average Bonchev–Trinajstić information content (AvgIpc) is 2.42. The number of halogens is 2. The highest BCUT2D eigenvalue weighted by Gasteiger charge is 2.13. The van der Waals surface area contributed by atoms with E-state index < -0.39 is 11.6 Å². The largest absolute Gasteiger partial charge is 0.382 e. The smallest absolute Gasteiger partial charge is 0.149 e. The predicted molar refractivity (Wildman–Crippen MR) is 71.0 cm³/mol. The Bertz CT molecular complexity index is 531. The first-order valence-electron chi connectivity index (χ1n) is 5.96. The van der Waals surface area contributed by atoms with Gasteiger partial charge in [0.25, 0.3) is 0 Å². The van der Waals surface area contributed by atoms with Crippen molar-refractivity contribution in [3.8, 4) is 0 Å². The summed E-state index contributed by atoms with van der Waals surface area (Å²) in [6.45, 7) is 0.390. The van der Waals surface area contributed by atoms with Crippen LogP contribution in [0.5, 0.6) is 0 Å². The summed E-state index contributed by atoms with van der Waals surface area (Å²) >= 11 is 0. The topological polar surface area (TPSA) is 21.3 Å². The van der Waals surface area contributed by atoms with Crippen molar-refractivity contribution in [3.63, 3.8) is 0 Å². The van der Waals surface area contributed by atoms with Crippen molar-refractivity contribution in [2.75, 3.05) is 19.0 Å². The van der Waals surface area contributed by atoms with Crippen LogP contribution in [0, 0.1) is 11.6 Å². The fourth-order valence-corrected chi connectivity index (χ4v) is 1.87. The summed E-state index contributed by atoms with van der Waals surface area (Å²) in [5, 5.41) is 3.03. The maximum absolute atomic E-state index is 13.6. The number of methoxy groups -OCH3 is 1. The second kappa shape index (κ2) is 6.29. The second-order valence-electron chi connectivity index (χ2n) is 4.19. The lowest BCUT2D eigenvalue weighted by Gasteiger charge is -2.20. The van der Waals surface area contributed by atoms with Gasteiger partial charge >= 0.3 is 0 Å². The predicted octanol–water partition coefficient (Wildman–Crippen LogP) is 3.76. The van der Waals surface area contributed by atoms with Crippen LogP contribution in [0.15, 0.2) is 48.5 Å². The minimum absolute atomic E-state index is 0.189. The van der Waals surface area contributed by atoms with E-state index in [2.05, 4.69) is 5.32 Å². The lowest BCUT2D eigenvalue weighted by molar-refractivity contribution is 0.186. The molecule has 0 aromatic heterocycles. The zero-order chi connectivity index (χ0) is 13.7. The number of nitrogens with one attached hydrogen (secondary N) is 1. The fraction of sp³-hybridized carbons (Fsp3) is 0.200. The van der Waals surface area contributed by atoms with Crippen LogP contribution in [0.1, 0.15) is 11.6 Å². The van der Waals surface area contributed by atoms with Crippen molar-refractivity contribution in [2.45, 2.75) is 6.04 Å². The zero-order valence-electron chi connectivity index (χ0n) is 10.6. The van der Waals surface area contributed by atoms with Crippen molar-refractivity contribution in [2.24, 2.45) is 0 Å². The number of rotatable bonds is 5. The fourth-order valence-electron chi connectivity index (χ4n) is 1.87. The van der Waals surface area contributed by atoms with Gasteiger partial charge in [0.05, 0.1) is 18.3 Å². The Hall–Kier alpha value is -1.94. The molecule has 0 saturated carbocycles. The molecule has 1 unspecified atom stereocenters. The molecule has 0 aliphatic carbocycles. The summed E-state index contributed by atoms with van der Waals surface area (Å²) in [7, 11) is 1.58. The van der Waals surface area contributed by atoms with E-state index in [9.17, 15) is 8.78 Å². The van der Waals surface area contributed by atoms with Crippen LogP contribution >= 0.6 is 0 Å². The Morgan fingerprint density at radius 2 is 1.84 bits per heavy atom. The van der Waals surface area contributed by atoms with Crippen molar-refractivity contribution in [1.29, 1.82) is 0 Å². The van der Waals surface area contributed by atoms with E-state index in [0.29, 0.717) is 6.61 Å². The van der Waals surface area contributed by atoms with Gasteiger partial charge in [0.2, 0.25) is 0 Å². The standard InChI is InChI=1S/C15H15F2NO/c1-19-10-15(11-5-3-2-4-6-11)18-14-8-7-12(16)9-13(14)17/h2-9,15,18H,10H2,1H3. The minimum Gasteiger partial charge on any atom is -0.382 e. The van der Waals surface area contributed by atoms with E-state index in [1.165, 1.54) is 12.1 Å². The van der Waals surface area contributed by atoms with Gasteiger partial charge in [-0.25, -0.2) is 8.78 Å². The average molecular weight is 263 g/mol. The van der Waals surface area contributed by atoms with Crippen molar-refractivity contribution >= 4 is 5.69 Å². The molecule has 0 fully saturated rings. The number of benzene rings is 2. The summed E-state index contributed by atoms with van der Waals surface area (Å²) < 4.78 is 31.6. The zero-order valence-corrected chi connectivity index (χ0v) is 10.6. The van der Waals surface area contributed by atoms with Crippen LogP contribution < -0.4 is 5.32 Å². The summed E-state index contributed by atoms with van der Waals surface area (Å²) in [4.78, 5) is 0. The Labute approximate surface area is 111 Å². The van der Waals surface area contributed by atoms with E-state index in [-0.39, 0.29) is 11.7 Å². The summed E-state index contributed by atoms with van der Waals surface area (Å²) in [6, 6.07) is 12.9. The molecule has 100 valence electrons. The van der Waals surface area contributed by atoms with Crippen molar-refractivity contribution < 1.29 is 13.5 Å². The highest BCUT2D eigenvalue weighted by molar-refractivity contribution is 5.47. The second-order valence-corrected chi connectivity index (χ2v) is 4.19. The number of ether oxygens (including phenoxy) is 1. The molecule has 1 atom stereocenters. The molecule has 4 heteroatoms. The molecule has 1 N–H and O–H groups in total. The van der Waals surface area contributed by atoms with Crippen molar-refractivity contribution in [3.05, 3.63) is 65.7 Å². The first kappa shape index (κ1) is 13.5. The Kier molecular flexibility index (Phi) is 4.47. The maximum Gasteiger partial charge on any atom is 0.149 e. The number of anilines is 1. The number of hydrogen-bond donors (Lipinski definition) is 1. The molecule has 19 heavy (non-hydrogen) atoms. The molecule has 0 aliphatic heterocycles. The Balaban J connectivity index is 2.21. The van der Waals surface area contributed by atoms with E-state index >= 15 is 0 Å². The molecule has 2 nitrogen and oxygen atoms in total. The molecule has 0 bridgehead atoms. The monoisotopic (exact) mass is 263 g/mol. The lowest BCUT2D eigenvalue weighted by atomic mass is 10.1. The van der Waals surface area contributed by atoms with Gasteiger partial charge in [-0.3, -0.25) is 0 Å². The highest BCUT2D eigenvalue weighted by atomic mass is 19.1. The van der Waals surface area contributed by atoms with Gasteiger partial charge in [-0.15, -0.1) is 0 Å². The third-order valence-electron chi connectivity index (χ3n) is 2.80. The van der Waals surface area contributed by atoms with Gasteiger partial charge in [0.1, 0.15) is 11.6 Å². The van der Waals surface area contributed by atoms with Gasteiger partial charge < -0.3 is 10.1 Å². The molecular formula is C15H15F2NO. The van der Waals surface area contributed by atoms with Crippen LogP contribution in [0.4, 0.5) is 14.5 Å². The van der Waals surface area contributed by atoms with Gasteiger partial charge in [0, 0.05) is 13.2 Å². The van der Waals surface area contributed by atoms with E-state index in [1.54, 1.807) is 7.11 Å². The van der Waals surface area contributed by atoms with Crippen LogP contribution in [0.3, 0.4) is 0 Å². The molecule has 0 aliphatic rings. The Morgan fingerprint density at radius 1 is 1.11 bits per heavy atom. The summed E-state index contributed by atoms with van der Waals surface area (Å²) in [6.07, 6.45) is 0. The molecule has 0 saturated heterocycles. The SMILES string of the molecule is COCC(Nc1ccc(F)cc1F)c1ccccc1. The lowest BCUT2D eigenvalue weighted by Crippen LogP contribution is -2.17. The molecule has 0 radical (unpaired) electrons. The molecule has 2 rings (SSSR count). The number of hydrogen-bond acceptors (Lipinski definition) is 2. The minimum atomic E-state index is -0.614. The van der Waals surface area contributed by atoms with Gasteiger partial charge in [-0.2, -0.15) is 0 Å². The molecule has 0 amide bonds. The molecule has 2 aromatic carbocycles. The van der Waals surface area contributed by atoms with Crippen LogP contribution in [-0.4, -0.2) is 13.7 Å². The molecular weight excluding hydrogens is 248 g/mol. The van der Waals surface area contributed by atoms with Gasteiger partial charge in [0.15, 0.2) is 0 Å². The quantitative estimate of drug-likeness (QED) is 0.886. The highest BCUT2D eigenvalue weighted by Crippen LogP contribution is 2.22. The van der Waals surface area contributed by atoms with E-state index in [1.807, 2.05) is 30.3 Å². The van der Waals surface area contributed by atoms with E-state index in [0.717, 1.165) is 11.6 Å². The van der Waals surface area contributed by atoms with Crippen molar-refractivity contribution in [1.82, 2.24) is 0 Å². The Morgan fingerprint density at radius 3 is 2.47 bits per heavy atom.